The molecule has 132 valence electrons. The average Bonchev–Trinajstić information content (AvgIpc) is 2.93. The van der Waals surface area contributed by atoms with Crippen LogP contribution in [0.1, 0.15) is 44.0 Å². The first kappa shape index (κ1) is 17.9. The molecule has 1 aromatic carbocycles. The topological polar surface area (TPSA) is 105 Å². The number of carboxylic acid groups (broad SMARTS) is 1. The van der Waals surface area contributed by atoms with E-state index in [1.165, 1.54) is 4.90 Å². The summed E-state index contributed by atoms with van der Waals surface area (Å²) in [5.41, 5.74) is 6.89. The first-order valence-electron chi connectivity index (χ1n) is 8.03. The molecule has 0 aromatic heterocycles. The van der Waals surface area contributed by atoms with Gasteiger partial charge in [0.25, 0.3) is 0 Å². The first-order chi connectivity index (χ1) is 11.2. The SMILES string of the molecule is CC(C)(C)OC(=O)c1ccc(N)c(NCC2CCCN2C(=O)O)c1. The van der Waals surface area contributed by atoms with Gasteiger partial charge in [0.05, 0.1) is 23.0 Å². The zero-order valence-corrected chi connectivity index (χ0v) is 14.3. The number of hydrogen-bond donors (Lipinski definition) is 3. The van der Waals surface area contributed by atoms with Crippen molar-refractivity contribution in [2.24, 2.45) is 0 Å². The number of hydrogen-bond acceptors (Lipinski definition) is 5. The molecule has 1 aliphatic heterocycles. The van der Waals surface area contributed by atoms with E-state index >= 15 is 0 Å². The number of nitrogens with zero attached hydrogens (tertiary/aromatic N) is 1. The van der Waals surface area contributed by atoms with Crippen LogP contribution in [0.5, 0.6) is 0 Å². The number of carbonyl (C=O) groups excluding carboxylic acids is 1. The van der Waals surface area contributed by atoms with Crippen LogP contribution in [0.2, 0.25) is 0 Å². The lowest BCUT2D eigenvalue weighted by Gasteiger charge is -2.23. The number of anilines is 2. The van der Waals surface area contributed by atoms with E-state index in [9.17, 15) is 14.7 Å². The molecule has 24 heavy (non-hydrogen) atoms. The number of benzene rings is 1. The number of rotatable bonds is 4. The number of carbonyl (C=O) groups is 2. The summed E-state index contributed by atoms with van der Waals surface area (Å²) in [5, 5.41) is 12.3. The Kier molecular flexibility index (Phi) is 5.21. The van der Waals surface area contributed by atoms with E-state index < -0.39 is 17.7 Å². The monoisotopic (exact) mass is 335 g/mol. The van der Waals surface area contributed by atoms with Crippen LogP contribution in [0.4, 0.5) is 16.2 Å². The van der Waals surface area contributed by atoms with Crippen molar-refractivity contribution in [2.75, 3.05) is 24.1 Å². The molecular formula is C17H25N3O4. The smallest absolute Gasteiger partial charge is 0.407 e. The van der Waals surface area contributed by atoms with Crippen molar-refractivity contribution in [3.8, 4) is 0 Å². The van der Waals surface area contributed by atoms with Gasteiger partial charge in [0.2, 0.25) is 0 Å². The van der Waals surface area contributed by atoms with Gasteiger partial charge in [-0.2, -0.15) is 0 Å². The summed E-state index contributed by atoms with van der Waals surface area (Å²) in [6.07, 6.45) is 0.756. The molecule has 1 atom stereocenters. The molecule has 2 rings (SSSR count). The van der Waals surface area contributed by atoms with Gasteiger partial charge in [-0.25, -0.2) is 9.59 Å². The number of nitrogen functional groups attached to an aromatic ring is 1. The third-order valence-electron chi connectivity index (χ3n) is 3.84. The molecule has 1 aromatic rings. The van der Waals surface area contributed by atoms with Gasteiger partial charge in [-0.1, -0.05) is 0 Å². The molecule has 7 nitrogen and oxygen atoms in total. The van der Waals surface area contributed by atoms with Gasteiger partial charge in [-0.3, -0.25) is 0 Å². The third kappa shape index (κ3) is 4.53. The number of likely N-dealkylation sites (tertiary alicyclic amines) is 1. The molecule has 7 heteroatoms. The van der Waals surface area contributed by atoms with Crippen LogP contribution in [0.25, 0.3) is 0 Å². The van der Waals surface area contributed by atoms with Crippen molar-refractivity contribution < 1.29 is 19.4 Å². The van der Waals surface area contributed by atoms with Gasteiger partial charge in [0.1, 0.15) is 5.60 Å². The number of ether oxygens (including phenoxy) is 1. The van der Waals surface area contributed by atoms with E-state index in [1.807, 2.05) is 20.8 Å². The lowest BCUT2D eigenvalue weighted by Crippen LogP contribution is -2.38. The van der Waals surface area contributed by atoms with Gasteiger partial charge >= 0.3 is 12.1 Å². The number of esters is 1. The quantitative estimate of drug-likeness (QED) is 0.577. The van der Waals surface area contributed by atoms with Crippen LogP contribution < -0.4 is 11.1 Å². The van der Waals surface area contributed by atoms with Crippen molar-refractivity contribution in [2.45, 2.75) is 45.3 Å². The minimum Gasteiger partial charge on any atom is -0.465 e. The van der Waals surface area contributed by atoms with E-state index in [4.69, 9.17) is 10.5 Å². The van der Waals surface area contributed by atoms with Gasteiger partial charge in [-0.15, -0.1) is 0 Å². The van der Waals surface area contributed by atoms with E-state index in [2.05, 4.69) is 5.32 Å². The van der Waals surface area contributed by atoms with Crippen molar-refractivity contribution >= 4 is 23.4 Å². The van der Waals surface area contributed by atoms with Crippen LogP contribution in [0.15, 0.2) is 18.2 Å². The highest BCUT2D eigenvalue weighted by atomic mass is 16.6. The molecule has 4 N–H and O–H groups in total. The largest absolute Gasteiger partial charge is 0.465 e. The van der Waals surface area contributed by atoms with Gasteiger partial charge in [0, 0.05) is 13.1 Å². The Labute approximate surface area is 141 Å². The van der Waals surface area contributed by atoms with Gasteiger partial charge in [-0.05, 0) is 51.8 Å². The summed E-state index contributed by atoms with van der Waals surface area (Å²) in [6.45, 7) is 6.43. The van der Waals surface area contributed by atoms with E-state index in [0.717, 1.165) is 12.8 Å². The zero-order valence-electron chi connectivity index (χ0n) is 14.3. The molecule has 1 saturated heterocycles. The highest BCUT2D eigenvalue weighted by molar-refractivity contribution is 5.92. The summed E-state index contributed by atoms with van der Waals surface area (Å²) in [4.78, 5) is 24.8. The van der Waals surface area contributed by atoms with E-state index in [0.29, 0.717) is 30.0 Å². The van der Waals surface area contributed by atoms with Gasteiger partial charge < -0.3 is 25.8 Å². The summed E-state index contributed by atoms with van der Waals surface area (Å²) in [7, 11) is 0. The Balaban J connectivity index is 2.06. The zero-order chi connectivity index (χ0) is 17.9. The maximum Gasteiger partial charge on any atom is 0.407 e. The van der Waals surface area contributed by atoms with Crippen LogP contribution in [0.3, 0.4) is 0 Å². The third-order valence-corrected chi connectivity index (χ3v) is 3.84. The second-order valence-corrected chi connectivity index (χ2v) is 6.96. The highest BCUT2D eigenvalue weighted by Gasteiger charge is 2.28. The van der Waals surface area contributed by atoms with Crippen LogP contribution in [0, 0.1) is 0 Å². The van der Waals surface area contributed by atoms with Crippen molar-refractivity contribution in [3.05, 3.63) is 23.8 Å². The van der Waals surface area contributed by atoms with E-state index in [-0.39, 0.29) is 6.04 Å². The molecule has 1 heterocycles. The first-order valence-corrected chi connectivity index (χ1v) is 8.03. The van der Waals surface area contributed by atoms with Crippen LogP contribution in [-0.4, -0.2) is 46.8 Å². The minimum absolute atomic E-state index is 0.0907. The predicted molar refractivity (Wildman–Crippen MR) is 92.3 cm³/mol. The lowest BCUT2D eigenvalue weighted by atomic mass is 10.1. The molecule has 0 spiro atoms. The Morgan fingerprint density at radius 2 is 2.12 bits per heavy atom. The fraction of sp³-hybridized carbons (Fsp3) is 0.529. The second-order valence-electron chi connectivity index (χ2n) is 6.96. The molecule has 1 unspecified atom stereocenters. The Morgan fingerprint density at radius 1 is 1.42 bits per heavy atom. The lowest BCUT2D eigenvalue weighted by molar-refractivity contribution is 0.00695. The summed E-state index contributed by atoms with van der Waals surface area (Å²) < 4.78 is 5.35. The maximum absolute atomic E-state index is 12.1. The molecule has 1 amide bonds. The number of nitrogens with one attached hydrogen (secondary N) is 1. The number of amides is 1. The molecular weight excluding hydrogens is 310 g/mol. The maximum atomic E-state index is 12.1. The second kappa shape index (κ2) is 6.98. The van der Waals surface area contributed by atoms with Crippen molar-refractivity contribution in [1.82, 2.24) is 4.90 Å². The summed E-state index contributed by atoms with van der Waals surface area (Å²) >= 11 is 0. The fourth-order valence-corrected chi connectivity index (χ4v) is 2.70. The summed E-state index contributed by atoms with van der Waals surface area (Å²) in [5.74, 6) is -0.418. The average molecular weight is 335 g/mol. The molecule has 0 saturated carbocycles. The Hall–Kier alpha value is -2.44. The van der Waals surface area contributed by atoms with Crippen LogP contribution in [-0.2, 0) is 4.74 Å². The fourth-order valence-electron chi connectivity index (χ4n) is 2.70. The molecule has 0 bridgehead atoms. The van der Waals surface area contributed by atoms with Gasteiger partial charge in [0.15, 0.2) is 0 Å². The highest BCUT2D eigenvalue weighted by Crippen LogP contribution is 2.24. The Bertz CT molecular complexity index is 625. The molecule has 1 fully saturated rings. The van der Waals surface area contributed by atoms with Crippen molar-refractivity contribution in [1.29, 1.82) is 0 Å². The normalized spacial score (nSPS) is 17.6. The van der Waals surface area contributed by atoms with Crippen LogP contribution >= 0.6 is 0 Å². The standard InChI is InChI=1S/C17H25N3O4/c1-17(2,3)24-15(21)11-6-7-13(18)14(9-11)19-10-12-5-4-8-20(12)16(22)23/h6-7,9,12,19H,4-5,8,10,18H2,1-3H3,(H,22,23). The predicted octanol–water partition coefficient (Wildman–Crippen LogP) is 2.78. The van der Waals surface area contributed by atoms with E-state index in [1.54, 1.807) is 18.2 Å². The number of nitrogens with two attached hydrogens (primary N) is 1. The molecule has 0 aliphatic carbocycles. The molecule has 1 aliphatic rings. The Morgan fingerprint density at radius 3 is 2.75 bits per heavy atom. The molecule has 0 radical (unpaired) electrons. The van der Waals surface area contributed by atoms with Crippen molar-refractivity contribution in [3.63, 3.8) is 0 Å². The summed E-state index contributed by atoms with van der Waals surface area (Å²) in [6, 6.07) is 4.81. The minimum atomic E-state index is -0.908.